The van der Waals surface area contributed by atoms with E-state index in [2.05, 4.69) is 18.8 Å². The van der Waals surface area contributed by atoms with Crippen LogP contribution in [0.25, 0.3) is 5.57 Å². The molecule has 0 atom stereocenters. The standard InChI is InChI=1S/C22H27N3O4/c1-5-18(11-22(26)29-4)20-12-19(25(27)28)13-21(23-20)24(14-16(2)3)15-17-9-7-6-8-10-17/h6-13,16H,5,14-15H2,1-4H3/b18-11-. The van der Waals surface area contributed by atoms with Gasteiger partial charge in [-0.25, -0.2) is 9.78 Å². The summed E-state index contributed by atoms with van der Waals surface area (Å²) in [5, 5.41) is 11.5. The van der Waals surface area contributed by atoms with E-state index in [1.807, 2.05) is 42.2 Å². The van der Waals surface area contributed by atoms with Crippen LogP contribution in [0.15, 0.2) is 48.5 Å². The highest BCUT2D eigenvalue weighted by Crippen LogP contribution is 2.27. The van der Waals surface area contributed by atoms with Crippen molar-refractivity contribution in [3.8, 4) is 0 Å². The number of methoxy groups -OCH3 is 1. The minimum atomic E-state index is -0.514. The summed E-state index contributed by atoms with van der Waals surface area (Å²) >= 11 is 0. The van der Waals surface area contributed by atoms with Gasteiger partial charge in [0.15, 0.2) is 0 Å². The van der Waals surface area contributed by atoms with Crippen LogP contribution in [0.1, 0.15) is 38.4 Å². The Morgan fingerprint density at radius 3 is 2.52 bits per heavy atom. The predicted octanol–water partition coefficient (Wildman–Crippen LogP) is 4.62. The normalized spacial score (nSPS) is 11.4. The van der Waals surface area contributed by atoms with Crippen LogP contribution in [-0.4, -0.2) is 29.5 Å². The summed E-state index contributed by atoms with van der Waals surface area (Å²) in [5.74, 6) is 0.329. The van der Waals surface area contributed by atoms with Crippen LogP contribution in [0, 0.1) is 16.0 Å². The van der Waals surface area contributed by atoms with E-state index in [0.717, 1.165) is 5.56 Å². The third-order valence-corrected chi connectivity index (χ3v) is 4.34. The second-order valence-electron chi connectivity index (χ2n) is 7.13. The van der Waals surface area contributed by atoms with Crippen LogP contribution in [0.4, 0.5) is 11.5 Å². The lowest BCUT2D eigenvalue weighted by Gasteiger charge is -2.26. The Balaban J connectivity index is 2.54. The predicted molar refractivity (Wildman–Crippen MR) is 114 cm³/mol. The highest BCUT2D eigenvalue weighted by Gasteiger charge is 2.19. The number of aromatic nitrogens is 1. The van der Waals surface area contributed by atoms with E-state index < -0.39 is 10.9 Å². The molecule has 0 aliphatic heterocycles. The number of nitrogens with zero attached hydrogens (tertiary/aromatic N) is 3. The molecule has 2 aromatic rings. The second kappa shape index (κ2) is 10.4. The molecule has 29 heavy (non-hydrogen) atoms. The van der Waals surface area contributed by atoms with Crippen molar-refractivity contribution < 1.29 is 14.5 Å². The van der Waals surface area contributed by atoms with Gasteiger partial charge in [0.05, 0.1) is 23.8 Å². The Labute approximate surface area is 171 Å². The van der Waals surface area contributed by atoms with Gasteiger partial charge in [-0.1, -0.05) is 51.1 Å². The van der Waals surface area contributed by atoms with Crippen LogP contribution in [0.5, 0.6) is 0 Å². The van der Waals surface area contributed by atoms with Crippen molar-refractivity contribution in [2.24, 2.45) is 5.92 Å². The zero-order chi connectivity index (χ0) is 21.4. The molecule has 0 amide bonds. The van der Waals surface area contributed by atoms with E-state index in [-0.39, 0.29) is 5.69 Å². The largest absolute Gasteiger partial charge is 0.466 e. The fraction of sp³-hybridized carbons (Fsp3) is 0.364. The van der Waals surface area contributed by atoms with Gasteiger partial charge in [-0.2, -0.15) is 0 Å². The van der Waals surface area contributed by atoms with Crippen molar-refractivity contribution in [3.63, 3.8) is 0 Å². The van der Waals surface area contributed by atoms with Gasteiger partial charge >= 0.3 is 5.97 Å². The first-order chi connectivity index (χ1) is 13.8. The van der Waals surface area contributed by atoms with Gasteiger partial charge in [-0.15, -0.1) is 0 Å². The maximum Gasteiger partial charge on any atom is 0.330 e. The van der Waals surface area contributed by atoms with E-state index in [4.69, 9.17) is 4.74 Å². The van der Waals surface area contributed by atoms with Crippen molar-refractivity contribution in [3.05, 3.63) is 69.9 Å². The number of hydrogen-bond donors (Lipinski definition) is 0. The Morgan fingerprint density at radius 2 is 1.97 bits per heavy atom. The number of benzene rings is 1. The van der Waals surface area contributed by atoms with Crippen LogP contribution >= 0.6 is 0 Å². The fourth-order valence-electron chi connectivity index (χ4n) is 2.98. The molecule has 0 unspecified atom stereocenters. The number of anilines is 1. The molecule has 1 aromatic carbocycles. The molecule has 7 nitrogen and oxygen atoms in total. The Kier molecular flexibility index (Phi) is 7.88. The summed E-state index contributed by atoms with van der Waals surface area (Å²) in [6, 6.07) is 12.8. The van der Waals surface area contributed by atoms with Crippen molar-refractivity contribution >= 4 is 23.0 Å². The molecule has 2 rings (SSSR count). The van der Waals surface area contributed by atoms with Crippen LogP contribution in [0.2, 0.25) is 0 Å². The average molecular weight is 397 g/mol. The number of carbonyl (C=O) groups excluding carboxylic acids is 1. The molecule has 0 aliphatic carbocycles. The minimum absolute atomic E-state index is 0.0592. The zero-order valence-electron chi connectivity index (χ0n) is 17.3. The number of pyridine rings is 1. The van der Waals surface area contributed by atoms with Crippen molar-refractivity contribution in [2.45, 2.75) is 33.7 Å². The van der Waals surface area contributed by atoms with Crippen LogP contribution in [0.3, 0.4) is 0 Å². The molecule has 0 aliphatic rings. The molecule has 0 saturated carbocycles. The SMILES string of the molecule is CC/C(=C/C(=O)OC)c1cc([N+](=O)[O-])cc(N(Cc2ccccc2)CC(C)C)n1. The summed E-state index contributed by atoms with van der Waals surface area (Å²) in [4.78, 5) is 29.5. The monoisotopic (exact) mass is 397 g/mol. The second-order valence-corrected chi connectivity index (χ2v) is 7.13. The van der Waals surface area contributed by atoms with Crippen LogP contribution < -0.4 is 4.90 Å². The number of nitro groups is 1. The van der Waals surface area contributed by atoms with Gasteiger partial charge in [0.25, 0.3) is 5.69 Å². The van der Waals surface area contributed by atoms with E-state index in [1.54, 1.807) is 0 Å². The lowest BCUT2D eigenvalue weighted by Crippen LogP contribution is -2.28. The molecular weight excluding hydrogens is 370 g/mol. The molecule has 0 saturated heterocycles. The lowest BCUT2D eigenvalue weighted by atomic mass is 10.1. The van der Waals surface area contributed by atoms with E-state index in [0.29, 0.717) is 42.5 Å². The molecular formula is C22H27N3O4. The summed E-state index contributed by atoms with van der Waals surface area (Å²) in [6.45, 7) is 7.31. The molecule has 154 valence electrons. The Morgan fingerprint density at radius 1 is 1.28 bits per heavy atom. The Hall–Kier alpha value is -3.22. The van der Waals surface area contributed by atoms with Crippen LogP contribution in [-0.2, 0) is 16.1 Å². The maximum absolute atomic E-state index is 11.7. The number of allylic oxidation sites excluding steroid dienone is 1. The van der Waals surface area contributed by atoms with E-state index >= 15 is 0 Å². The third-order valence-electron chi connectivity index (χ3n) is 4.34. The number of esters is 1. The first-order valence-electron chi connectivity index (χ1n) is 9.58. The van der Waals surface area contributed by atoms with Gasteiger partial charge in [0, 0.05) is 25.2 Å². The van der Waals surface area contributed by atoms with Crippen molar-refractivity contribution in [2.75, 3.05) is 18.6 Å². The smallest absolute Gasteiger partial charge is 0.330 e. The molecule has 0 fully saturated rings. The summed E-state index contributed by atoms with van der Waals surface area (Å²) < 4.78 is 4.70. The zero-order valence-corrected chi connectivity index (χ0v) is 17.3. The first kappa shape index (κ1) is 22.1. The maximum atomic E-state index is 11.7. The topological polar surface area (TPSA) is 85.6 Å². The lowest BCUT2D eigenvalue weighted by molar-refractivity contribution is -0.384. The van der Waals surface area contributed by atoms with Gasteiger partial charge < -0.3 is 9.64 Å². The highest BCUT2D eigenvalue weighted by atomic mass is 16.6. The summed E-state index contributed by atoms with van der Waals surface area (Å²) in [5.41, 5.74) is 2.02. The molecule has 1 aromatic heterocycles. The third kappa shape index (κ3) is 6.41. The quantitative estimate of drug-likeness (QED) is 0.266. The summed E-state index contributed by atoms with van der Waals surface area (Å²) in [7, 11) is 1.29. The highest BCUT2D eigenvalue weighted by molar-refractivity contribution is 5.91. The number of hydrogen-bond acceptors (Lipinski definition) is 6. The van der Waals surface area contributed by atoms with E-state index in [9.17, 15) is 14.9 Å². The molecule has 0 radical (unpaired) electrons. The average Bonchev–Trinajstić information content (AvgIpc) is 2.71. The van der Waals surface area contributed by atoms with Gasteiger partial charge in [-0.3, -0.25) is 10.1 Å². The number of carbonyl (C=O) groups is 1. The van der Waals surface area contributed by atoms with Gasteiger partial charge in [-0.05, 0) is 23.5 Å². The van der Waals surface area contributed by atoms with Gasteiger partial charge in [0.2, 0.25) is 0 Å². The molecule has 0 bridgehead atoms. The van der Waals surface area contributed by atoms with E-state index in [1.165, 1.54) is 25.3 Å². The first-order valence-corrected chi connectivity index (χ1v) is 9.58. The minimum Gasteiger partial charge on any atom is -0.466 e. The summed E-state index contributed by atoms with van der Waals surface area (Å²) in [6.07, 6.45) is 1.82. The number of ether oxygens (including phenoxy) is 1. The molecule has 7 heteroatoms. The van der Waals surface area contributed by atoms with Crippen molar-refractivity contribution in [1.29, 1.82) is 0 Å². The molecule has 0 spiro atoms. The van der Waals surface area contributed by atoms with Gasteiger partial charge in [0.1, 0.15) is 5.82 Å². The van der Waals surface area contributed by atoms with Crippen molar-refractivity contribution in [1.82, 2.24) is 4.98 Å². The fourth-order valence-corrected chi connectivity index (χ4v) is 2.98. The Bertz CT molecular complexity index is 879. The number of rotatable bonds is 9. The molecule has 1 heterocycles. The molecule has 0 N–H and O–H groups in total.